The van der Waals surface area contributed by atoms with Crippen LogP contribution < -0.4 is 0 Å². The largest absolute Gasteiger partial charge is 0.420 e. The third kappa shape index (κ3) is 3.20. The maximum atomic E-state index is 12.9. The maximum absolute atomic E-state index is 12.9. The van der Waals surface area contributed by atoms with Gasteiger partial charge in [0.25, 0.3) is 5.89 Å². The molecule has 28 heavy (non-hydrogen) atoms. The fourth-order valence-electron chi connectivity index (χ4n) is 3.69. The minimum atomic E-state index is 0.0819. The third-order valence-electron chi connectivity index (χ3n) is 5.13. The van der Waals surface area contributed by atoms with E-state index in [1.165, 1.54) is 0 Å². The van der Waals surface area contributed by atoms with E-state index >= 15 is 0 Å². The second-order valence-electron chi connectivity index (χ2n) is 6.96. The highest BCUT2D eigenvalue weighted by molar-refractivity contribution is 7.13. The van der Waals surface area contributed by atoms with Gasteiger partial charge in [0.15, 0.2) is 0 Å². The number of carbonyl (C=O) groups excluding carboxylic acids is 1. The van der Waals surface area contributed by atoms with Crippen LogP contribution in [-0.4, -0.2) is 43.6 Å². The third-order valence-corrected chi connectivity index (χ3v) is 5.99. The number of para-hydroxylation sites is 2. The van der Waals surface area contributed by atoms with Crippen LogP contribution in [0.15, 0.2) is 52.5 Å². The fraction of sp³-hybridized carbons (Fsp3) is 0.300. The molecule has 0 unspecified atom stereocenters. The number of thiophene rings is 1. The Morgan fingerprint density at radius 3 is 3.04 bits per heavy atom. The Kier molecular flexibility index (Phi) is 4.40. The van der Waals surface area contributed by atoms with Crippen LogP contribution >= 0.6 is 11.3 Å². The van der Waals surface area contributed by atoms with E-state index in [-0.39, 0.29) is 18.4 Å². The summed E-state index contributed by atoms with van der Waals surface area (Å²) in [7, 11) is 0. The summed E-state index contributed by atoms with van der Waals surface area (Å²) in [6.45, 7) is 1.66. The Morgan fingerprint density at radius 1 is 1.21 bits per heavy atom. The summed E-state index contributed by atoms with van der Waals surface area (Å²) in [6, 6.07) is 11.8. The highest BCUT2D eigenvalue weighted by Crippen LogP contribution is 2.30. The van der Waals surface area contributed by atoms with Crippen molar-refractivity contribution >= 4 is 28.3 Å². The van der Waals surface area contributed by atoms with Gasteiger partial charge >= 0.3 is 0 Å². The second-order valence-corrected chi connectivity index (χ2v) is 7.91. The zero-order chi connectivity index (χ0) is 18.9. The van der Waals surface area contributed by atoms with Crippen LogP contribution in [-0.2, 0) is 11.3 Å². The van der Waals surface area contributed by atoms with Gasteiger partial charge in [-0.1, -0.05) is 18.2 Å². The van der Waals surface area contributed by atoms with Gasteiger partial charge in [0, 0.05) is 13.1 Å². The number of carbonyl (C=O) groups is 1. The minimum Gasteiger partial charge on any atom is -0.420 e. The standard InChI is InChI=1S/C20H19N5O2S/c26-18(12-25-13-21-15-6-1-2-7-16(15)25)24-9-3-5-14(11-24)19-22-23-20(27-19)17-8-4-10-28-17/h1-2,4,6-8,10,13-14H,3,5,9,11-12H2/t14-/m1/s1. The van der Waals surface area contributed by atoms with Crippen LogP contribution in [0.3, 0.4) is 0 Å². The molecule has 1 aliphatic heterocycles. The van der Waals surface area contributed by atoms with Crippen molar-refractivity contribution in [1.29, 1.82) is 0 Å². The molecule has 0 saturated carbocycles. The summed E-state index contributed by atoms with van der Waals surface area (Å²) in [5.74, 6) is 1.34. The molecule has 0 N–H and O–H groups in total. The number of likely N-dealkylation sites (tertiary alicyclic amines) is 1. The highest BCUT2D eigenvalue weighted by atomic mass is 32.1. The summed E-state index contributed by atoms with van der Waals surface area (Å²) < 4.78 is 7.80. The van der Waals surface area contributed by atoms with Gasteiger partial charge < -0.3 is 13.9 Å². The molecule has 0 aliphatic carbocycles. The SMILES string of the molecule is O=C(Cn1cnc2ccccc21)N1CCC[C@@H](c2nnc(-c3cccs3)o2)C1. The van der Waals surface area contributed by atoms with Gasteiger partial charge in [-0.25, -0.2) is 4.98 Å². The average Bonchev–Trinajstić information content (AvgIpc) is 3.49. The summed E-state index contributed by atoms with van der Waals surface area (Å²) in [5, 5.41) is 10.4. The first-order valence-electron chi connectivity index (χ1n) is 9.33. The summed E-state index contributed by atoms with van der Waals surface area (Å²) in [4.78, 5) is 20.1. The molecule has 1 atom stereocenters. The first-order valence-corrected chi connectivity index (χ1v) is 10.2. The second kappa shape index (κ2) is 7.20. The van der Waals surface area contributed by atoms with Gasteiger partial charge in [0.2, 0.25) is 11.8 Å². The molecular formula is C20H19N5O2S. The average molecular weight is 393 g/mol. The van der Waals surface area contributed by atoms with E-state index in [2.05, 4.69) is 15.2 Å². The Bertz CT molecular complexity index is 1100. The molecule has 0 radical (unpaired) electrons. The van der Waals surface area contributed by atoms with Crippen molar-refractivity contribution in [3.63, 3.8) is 0 Å². The van der Waals surface area contributed by atoms with Crippen LogP contribution in [0, 0.1) is 0 Å². The minimum absolute atomic E-state index is 0.0819. The van der Waals surface area contributed by atoms with Crippen molar-refractivity contribution in [2.24, 2.45) is 0 Å². The van der Waals surface area contributed by atoms with E-state index in [1.807, 2.05) is 51.2 Å². The number of nitrogens with zero attached hydrogens (tertiary/aromatic N) is 5. The summed E-state index contributed by atoms with van der Waals surface area (Å²) in [5.41, 5.74) is 1.88. The fourth-order valence-corrected chi connectivity index (χ4v) is 4.33. The molecule has 4 heterocycles. The number of aromatic nitrogens is 4. The molecule has 1 aliphatic rings. The van der Waals surface area contributed by atoms with Gasteiger partial charge in [-0.05, 0) is 36.4 Å². The first-order chi connectivity index (χ1) is 13.8. The smallest absolute Gasteiger partial charge is 0.257 e. The van der Waals surface area contributed by atoms with Crippen LogP contribution in [0.4, 0.5) is 0 Å². The van der Waals surface area contributed by atoms with Gasteiger partial charge in [0.05, 0.1) is 28.2 Å². The lowest BCUT2D eigenvalue weighted by Crippen LogP contribution is -2.40. The van der Waals surface area contributed by atoms with Crippen molar-refractivity contribution in [1.82, 2.24) is 24.6 Å². The Balaban J connectivity index is 1.29. The number of rotatable bonds is 4. The normalized spacial score (nSPS) is 17.3. The van der Waals surface area contributed by atoms with Gasteiger partial charge in [-0.3, -0.25) is 4.79 Å². The lowest BCUT2D eigenvalue weighted by Gasteiger charge is -2.31. The summed E-state index contributed by atoms with van der Waals surface area (Å²) >= 11 is 1.57. The van der Waals surface area contributed by atoms with Crippen molar-refractivity contribution < 1.29 is 9.21 Å². The summed E-state index contributed by atoms with van der Waals surface area (Å²) in [6.07, 6.45) is 3.61. The number of benzene rings is 1. The number of imidazole rings is 1. The van der Waals surface area contributed by atoms with Crippen molar-refractivity contribution in [3.05, 3.63) is 54.0 Å². The number of hydrogen-bond acceptors (Lipinski definition) is 6. The molecule has 142 valence electrons. The van der Waals surface area contributed by atoms with E-state index in [9.17, 15) is 4.79 Å². The predicted molar refractivity (Wildman–Crippen MR) is 106 cm³/mol. The van der Waals surface area contributed by atoms with Crippen molar-refractivity contribution in [3.8, 4) is 10.8 Å². The zero-order valence-corrected chi connectivity index (χ0v) is 16.0. The topological polar surface area (TPSA) is 77.1 Å². The quantitative estimate of drug-likeness (QED) is 0.530. The van der Waals surface area contributed by atoms with E-state index < -0.39 is 0 Å². The Hall–Kier alpha value is -3.00. The molecule has 1 saturated heterocycles. The number of piperidine rings is 1. The molecule has 0 bridgehead atoms. The van der Waals surface area contributed by atoms with Crippen LogP contribution in [0.2, 0.25) is 0 Å². The van der Waals surface area contributed by atoms with Crippen molar-refractivity contribution in [2.45, 2.75) is 25.3 Å². The van der Waals surface area contributed by atoms with Crippen LogP contribution in [0.25, 0.3) is 21.8 Å². The van der Waals surface area contributed by atoms with Gasteiger partial charge in [0.1, 0.15) is 6.54 Å². The maximum Gasteiger partial charge on any atom is 0.257 e. The molecule has 1 aromatic carbocycles. The van der Waals surface area contributed by atoms with Gasteiger partial charge in [-0.15, -0.1) is 21.5 Å². The zero-order valence-electron chi connectivity index (χ0n) is 15.2. The van der Waals surface area contributed by atoms with Crippen LogP contribution in [0.1, 0.15) is 24.7 Å². The van der Waals surface area contributed by atoms with Gasteiger partial charge in [-0.2, -0.15) is 0 Å². The molecule has 1 amide bonds. The lowest BCUT2D eigenvalue weighted by molar-refractivity contribution is -0.133. The Morgan fingerprint density at radius 2 is 2.14 bits per heavy atom. The lowest BCUT2D eigenvalue weighted by atomic mass is 9.98. The molecule has 7 nitrogen and oxygen atoms in total. The molecule has 3 aromatic heterocycles. The highest BCUT2D eigenvalue weighted by Gasteiger charge is 2.28. The number of fused-ring (bicyclic) bond motifs is 1. The molecule has 1 fully saturated rings. The van der Waals surface area contributed by atoms with E-state index in [0.717, 1.165) is 35.3 Å². The van der Waals surface area contributed by atoms with E-state index in [1.54, 1.807) is 17.7 Å². The first kappa shape index (κ1) is 17.1. The van der Waals surface area contributed by atoms with Crippen LogP contribution in [0.5, 0.6) is 0 Å². The molecule has 0 spiro atoms. The predicted octanol–water partition coefficient (Wildman–Crippen LogP) is 3.55. The van der Waals surface area contributed by atoms with E-state index in [0.29, 0.717) is 18.3 Å². The number of amides is 1. The number of hydrogen-bond donors (Lipinski definition) is 0. The van der Waals surface area contributed by atoms with E-state index in [4.69, 9.17) is 4.42 Å². The molecule has 5 rings (SSSR count). The molecule has 4 aromatic rings. The monoisotopic (exact) mass is 393 g/mol. The molecule has 8 heteroatoms. The van der Waals surface area contributed by atoms with Crippen molar-refractivity contribution in [2.75, 3.05) is 13.1 Å². The Labute approximate surface area is 165 Å². The molecular weight excluding hydrogens is 374 g/mol.